The van der Waals surface area contributed by atoms with Crippen LogP contribution in [0.3, 0.4) is 0 Å². The Balaban J connectivity index is 4.23. The standard InChI is InChI=1S/C12H25N3OS/c1-5-10(11(13)17)12(16)14-9(4)8-15(6-2)7-3/h9-10H,5-8H2,1-4H3,(H2,13,17)(H,14,16). The van der Waals surface area contributed by atoms with Crippen molar-refractivity contribution >= 4 is 23.1 Å². The van der Waals surface area contributed by atoms with Crippen LogP contribution in [-0.2, 0) is 4.79 Å². The van der Waals surface area contributed by atoms with Crippen molar-refractivity contribution in [3.05, 3.63) is 0 Å². The summed E-state index contributed by atoms with van der Waals surface area (Å²) in [4.78, 5) is 14.4. The second-order valence-electron chi connectivity index (χ2n) is 4.26. The first-order valence-electron chi connectivity index (χ1n) is 6.28. The normalized spacial score (nSPS) is 14.4. The number of rotatable bonds is 8. The van der Waals surface area contributed by atoms with Gasteiger partial charge in [0.2, 0.25) is 5.91 Å². The van der Waals surface area contributed by atoms with E-state index in [4.69, 9.17) is 18.0 Å². The lowest BCUT2D eigenvalue weighted by molar-refractivity contribution is -0.123. The van der Waals surface area contributed by atoms with E-state index in [1.165, 1.54) is 0 Å². The van der Waals surface area contributed by atoms with Crippen LogP contribution in [0.4, 0.5) is 0 Å². The van der Waals surface area contributed by atoms with Gasteiger partial charge in [0.15, 0.2) is 0 Å². The fraction of sp³-hybridized carbons (Fsp3) is 0.833. The molecule has 0 spiro atoms. The second-order valence-corrected chi connectivity index (χ2v) is 4.73. The van der Waals surface area contributed by atoms with E-state index in [0.29, 0.717) is 6.42 Å². The van der Waals surface area contributed by atoms with Crippen LogP contribution in [0.15, 0.2) is 0 Å². The minimum atomic E-state index is -0.343. The fourth-order valence-electron chi connectivity index (χ4n) is 1.77. The molecule has 0 aromatic heterocycles. The van der Waals surface area contributed by atoms with Crippen LogP contribution in [0.25, 0.3) is 0 Å². The van der Waals surface area contributed by atoms with Gasteiger partial charge in [0.05, 0.1) is 10.9 Å². The summed E-state index contributed by atoms with van der Waals surface area (Å²) < 4.78 is 0. The molecule has 0 aliphatic carbocycles. The summed E-state index contributed by atoms with van der Waals surface area (Å²) in [6.45, 7) is 11.0. The summed E-state index contributed by atoms with van der Waals surface area (Å²) in [6.07, 6.45) is 0.652. The van der Waals surface area contributed by atoms with Crippen LogP contribution in [-0.4, -0.2) is 41.5 Å². The average molecular weight is 259 g/mol. The Morgan fingerprint density at radius 1 is 1.35 bits per heavy atom. The zero-order valence-corrected chi connectivity index (χ0v) is 12.1. The van der Waals surface area contributed by atoms with Gasteiger partial charge in [0.1, 0.15) is 0 Å². The maximum Gasteiger partial charge on any atom is 0.230 e. The Morgan fingerprint density at radius 3 is 2.24 bits per heavy atom. The Morgan fingerprint density at radius 2 is 1.88 bits per heavy atom. The number of nitrogens with two attached hydrogens (primary N) is 1. The molecule has 0 fully saturated rings. The number of carbonyl (C=O) groups excluding carboxylic acids is 1. The molecule has 0 aromatic carbocycles. The van der Waals surface area contributed by atoms with Gasteiger partial charge < -0.3 is 16.0 Å². The molecule has 17 heavy (non-hydrogen) atoms. The van der Waals surface area contributed by atoms with Gasteiger partial charge in [-0.2, -0.15) is 0 Å². The number of thiocarbonyl (C=S) groups is 1. The summed E-state index contributed by atoms with van der Waals surface area (Å²) in [7, 11) is 0. The maximum atomic E-state index is 11.9. The molecule has 0 saturated heterocycles. The van der Waals surface area contributed by atoms with E-state index in [2.05, 4.69) is 24.1 Å². The number of amides is 1. The van der Waals surface area contributed by atoms with Crippen molar-refractivity contribution in [1.29, 1.82) is 0 Å². The van der Waals surface area contributed by atoms with Crippen molar-refractivity contribution in [3.8, 4) is 0 Å². The molecule has 2 atom stereocenters. The van der Waals surface area contributed by atoms with Gasteiger partial charge >= 0.3 is 0 Å². The summed E-state index contributed by atoms with van der Waals surface area (Å²) in [5.74, 6) is -0.399. The molecule has 0 bridgehead atoms. The number of nitrogens with one attached hydrogen (secondary N) is 1. The van der Waals surface area contributed by atoms with Crippen LogP contribution in [0.5, 0.6) is 0 Å². The minimum Gasteiger partial charge on any atom is -0.393 e. The van der Waals surface area contributed by atoms with Crippen LogP contribution in [0.1, 0.15) is 34.1 Å². The van der Waals surface area contributed by atoms with E-state index in [1.54, 1.807) is 0 Å². The zero-order valence-electron chi connectivity index (χ0n) is 11.3. The third-order valence-electron chi connectivity index (χ3n) is 2.88. The molecule has 3 N–H and O–H groups in total. The number of carbonyl (C=O) groups is 1. The van der Waals surface area contributed by atoms with Crippen molar-refractivity contribution in [2.24, 2.45) is 11.7 Å². The monoisotopic (exact) mass is 259 g/mol. The highest BCUT2D eigenvalue weighted by Crippen LogP contribution is 2.04. The van der Waals surface area contributed by atoms with E-state index in [9.17, 15) is 4.79 Å². The number of hydrogen-bond acceptors (Lipinski definition) is 3. The molecule has 1 amide bonds. The largest absolute Gasteiger partial charge is 0.393 e. The van der Waals surface area contributed by atoms with Crippen molar-refractivity contribution in [2.75, 3.05) is 19.6 Å². The van der Waals surface area contributed by atoms with Gasteiger partial charge in [-0.3, -0.25) is 4.79 Å². The summed E-state index contributed by atoms with van der Waals surface area (Å²) in [5, 5.41) is 2.96. The Kier molecular flexibility index (Phi) is 8.08. The van der Waals surface area contributed by atoms with Gasteiger partial charge in [0, 0.05) is 12.6 Å². The summed E-state index contributed by atoms with van der Waals surface area (Å²) in [5.41, 5.74) is 5.54. The lowest BCUT2D eigenvalue weighted by atomic mass is 10.1. The molecule has 0 aliphatic rings. The molecule has 0 heterocycles. The fourth-order valence-corrected chi connectivity index (χ4v) is 2.05. The molecule has 0 saturated carbocycles. The first kappa shape index (κ1) is 16.3. The molecule has 0 rings (SSSR count). The van der Waals surface area contributed by atoms with Gasteiger partial charge in [-0.15, -0.1) is 0 Å². The first-order chi connectivity index (χ1) is 7.96. The Bertz CT molecular complexity index is 254. The average Bonchev–Trinajstić information content (AvgIpc) is 2.26. The van der Waals surface area contributed by atoms with E-state index < -0.39 is 0 Å². The molecule has 100 valence electrons. The SMILES string of the molecule is CCC(C(=O)NC(C)CN(CC)CC)C(N)=S. The summed E-state index contributed by atoms with van der Waals surface area (Å²) in [6, 6.07) is 0.116. The lowest BCUT2D eigenvalue weighted by Crippen LogP contribution is -2.46. The van der Waals surface area contributed by atoms with Crippen molar-refractivity contribution in [2.45, 2.75) is 40.2 Å². The van der Waals surface area contributed by atoms with E-state index in [0.717, 1.165) is 19.6 Å². The van der Waals surface area contributed by atoms with Gasteiger partial charge in [0.25, 0.3) is 0 Å². The number of likely N-dealkylation sites (N-methyl/N-ethyl adjacent to an activating group) is 1. The number of hydrogen-bond donors (Lipinski definition) is 2. The van der Waals surface area contributed by atoms with E-state index in [1.807, 2.05) is 13.8 Å². The minimum absolute atomic E-state index is 0.0559. The quantitative estimate of drug-likeness (QED) is 0.642. The predicted molar refractivity (Wildman–Crippen MR) is 76.0 cm³/mol. The summed E-state index contributed by atoms with van der Waals surface area (Å²) >= 11 is 4.89. The Hall–Kier alpha value is -0.680. The first-order valence-corrected chi connectivity index (χ1v) is 6.69. The molecule has 0 aliphatic heterocycles. The van der Waals surface area contributed by atoms with Crippen LogP contribution < -0.4 is 11.1 Å². The van der Waals surface area contributed by atoms with E-state index >= 15 is 0 Å². The molecular formula is C12H25N3OS. The van der Waals surface area contributed by atoms with Gasteiger partial charge in [-0.25, -0.2) is 0 Å². The highest BCUT2D eigenvalue weighted by Gasteiger charge is 2.21. The van der Waals surface area contributed by atoms with Crippen molar-refractivity contribution in [1.82, 2.24) is 10.2 Å². The maximum absolute atomic E-state index is 11.9. The van der Waals surface area contributed by atoms with E-state index in [-0.39, 0.29) is 22.9 Å². The van der Waals surface area contributed by atoms with Crippen LogP contribution >= 0.6 is 12.2 Å². The van der Waals surface area contributed by atoms with Gasteiger partial charge in [-0.1, -0.05) is 33.0 Å². The molecule has 4 nitrogen and oxygen atoms in total. The van der Waals surface area contributed by atoms with Gasteiger partial charge in [-0.05, 0) is 26.4 Å². The third kappa shape index (κ3) is 5.98. The van der Waals surface area contributed by atoms with Crippen LogP contribution in [0, 0.1) is 5.92 Å². The van der Waals surface area contributed by atoms with Crippen molar-refractivity contribution < 1.29 is 4.79 Å². The molecule has 0 radical (unpaired) electrons. The van der Waals surface area contributed by atoms with Crippen molar-refractivity contribution in [3.63, 3.8) is 0 Å². The molecule has 5 heteroatoms. The predicted octanol–water partition coefficient (Wildman–Crippen LogP) is 1.15. The number of nitrogens with zero attached hydrogens (tertiary/aromatic N) is 1. The Labute approximate surface area is 110 Å². The lowest BCUT2D eigenvalue weighted by Gasteiger charge is -2.24. The third-order valence-corrected chi connectivity index (χ3v) is 3.17. The second kappa shape index (κ2) is 8.42. The molecule has 0 aromatic rings. The molecule has 2 unspecified atom stereocenters. The highest BCUT2D eigenvalue weighted by molar-refractivity contribution is 7.80. The zero-order chi connectivity index (χ0) is 13.4. The molecular weight excluding hydrogens is 234 g/mol. The topological polar surface area (TPSA) is 58.4 Å². The smallest absolute Gasteiger partial charge is 0.230 e. The highest BCUT2D eigenvalue weighted by atomic mass is 32.1. The van der Waals surface area contributed by atoms with Crippen LogP contribution in [0.2, 0.25) is 0 Å².